The molecule has 0 aliphatic carbocycles. The Morgan fingerprint density at radius 1 is 1.12 bits per heavy atom. The summed E-state index contributed by atoms with van der Waals surface area (Å²) in [7, 11) is -3.60. The highest BCUT2D eigenvalue weighted by molar-refractivity contribution is 7.99. The highest BCUT2D eigenvalue weighted by atomic mass is 32.2. The van der Waals surface area contributed by atoms with E-state index in [0.29, 0.717) is 18.5 Å². The van der Waals surface area contributed by atoms with E-state index in [-0.39, 0.29) is 5.56 Å². The third-order valence-corrected chi connectivity index (χ3v) is 7.41. The molecular weight excluding hydrogens is 366 g/mol. The predicted octanol–water partition coefficient (Wildman–Crippen LogP) is 2.60. The molecule has 140 valence electrons. The molecule has 1 aromatic carbocycles. The predicted molar refractivity (Wildman–Crippen MR) is 97.0 cm³/mol. The average Bonchev–Trinajstić information content (AvgIpc) is 3.06. The van der Waals surface area contributed by atoms with Gasteiger partial charge in [-0.1, -0.05) is 0 Å². The topological polar surface area (TPSA) is 49.4 Å². The van der Waals surface area contributed by atoms with Gasteiger partial charge in [0.05, 0.1) is 5.75 Å². The Kier molecular flexibility index (Phi) is 6.35. The lowest BCUT2D eigenvalue weighted by Crippen LogP contribution is -2.43. The van der Waals surface area contributed by atoms with Crippen LogP contribution in [0.1, 0.15) is 24.8 Å². The lowest BCUT2D eigenvalue weighted by molar-refractivity contribution is 0.145. The van der Waals surface area contributed by atoms with E-state index in [1.165, 1.54) is 17.9 Å². The highest BCUT2D eigenvalue weighted by Crippen LogP contribution is 2.26. The van der Waals surface area contributed by atoms with Gasteiger partial charge in [-0.05, 0) is 61.7 Å². The average molecular weight is 391 g/mol. The molecule has 2 fully saturated rings. The standard InChI is InChI=1S/C17H24F2N2O2S2/c18-15-7-14(8-16(19)9-15)12-25(22,23)20-10-13-1-4-21(5-2-13)17-3-6-24-11-17/h7-9,13,17,20H,1-6,10-12H2. The van der Waals surface area contributed by atoms with Gasteiger partial charge in [-0.15, -0.1) is 0 Å². The number of nitrogens with one attached hydrogen (secondary N) is 1. The number of benzene rings is 1. The van der Waals surface area contributed by atoms with Gasteiger partial charge in [0.1, 0.15) is 11.6 Å². The van der Waals surface area contributed by atoms with Gasteiger partial charge in [0.25, 0.3) is 0 Å². The van der Waals surface area contributed by atoms with Crippen LogP contribution in [0, 0.1) is 17.6 Å². The van der Waals surface area contributed by atoms with Gasteiger partial charge in [0, 0.05) is 24.4 Å². The van der Waals surface area contributed by atoms with Crippen molar-refractivity contribution in [2.75, 3.05) is 31.1 Å². The van der Waals surface area contributed by atoms with Gasteiger partial charge in [0.2, 0.25) is 10.0 Å². The molecule has 3 rings (SSSR count). The molecule has 25 heavy (non-hydrogen) atoms. The maximum Gasteiger partial charge on any atom is 0.215 e. The van der Waals surface area contributed by atoms with Crippen LogP contribution in [0.3, 0.4) is 0 Å². The molecule has 2 aliphatic rings. The molecule has 2 saturated heterocycles. The van der Waals surface area contributed by atoms with Crippen molar-refractivity contribution in [3.63, 3.8) is 0 Å². The van der Waals surface area contributed by atoms with Crippen LogP contribution in [-0.4, -0.2) is 50.5 Å². The van der Waals surface area contributed by atoms with E-state index >= 15 is 0 Å². The van der Waals surface area contributed by atoms with E-state index < -0.39 is 27.4 Å². The maximum absolute atomic E-state index is 13.2. The molecule has 0 spiro atoms. The maximum atomic E-state index is 13.2. The summed E-state index contributed by atoms with van der Waals surface area (Å²) in [4.78, 5) is 2.53. The SMILES string of the molecule is O=S(=O)(Cc1cc(F)cc(F)c1)NCC1CCN(C2CCSC2)CC1. The van der Waals surface area contributed by atoms with Gasteiger partial charge in [-0.25, -0.2) is 21.9 Å². The summed E-state index contributed by atoms with van der Waals surface area (Å²) in [5, 5.41) is 0. The molecular formula is C17H24F2N2O2S2. The van der Waals surface area contributed by atoms with Gasteiger partial charge in [0.15, 0.2) is 0 Å². The number of hydrogen-bond acceptors (Lipinski definition) is 4. The monoisotopic (exact) mass is 390 g/mol. The largest absolute Gasteiger partial charge is 0.300 e. The number of likely N-dealkylation sites (tertiary alicyclic amines) is 1. The van der Waals surface area contributed by atoms with Gasteiger partial charge in [-0.2, -0.15) is 11.8 Å². The smallest absolute Gasteiger partial charge is 0.215 e. The number of hydrogen-bond donors (Lipinski definition) is 1. The third kappa shape index (κ3) is 5.64. The zero-order valence-electron chi connectivity index (χ0n) is 14.1. The second-order valence-corrected chi connectivity index (χ2v) is 9.84. The number of nitrogens with zero attached hydrogens (tertiary/aromatic N) is 1. The van der Waals surface area contributed by atoms with Crippen LogP contribution in [-0.2, 0) is 15.8 Å². The normalized spacial score (nSPS) is 23.2. The summed E-state index contributed by atoms with van der Waals surface area (Å²) in [6, 6.07) is 3.53. The molecule has 4 nitrogen and oxygen atoms in total. The molecule has 2 aliphatic heterocycles. The zero-order valence-corrected chi connectivity index (χ0v) is 15.7. The van der Waals surface area contributed by atoms with Crippen molar-refractivity contribution in [3.8, 4) is 0 Å². The summed E-state index contributed by atoms with van der Waals surface area (Å²) in [6.45, 7) is 2.44. The minimum atomic E-state index is -3.60. The Hall–Kier alpha value is -0.700. The van der Waals surface area contributed by atoms with Crippen molar-refractivity contribution < 1.29 is 17.2 Å². The summed E-state index contributed by atoms with van der Waals surface area (Å²) in [6.07, 6.45) is 3.22. The van der Waals surface area contributed by atoms with Crippen molar-refractivity contribution in [1.29, 1.82) is 0 Å². The zero-order chi connectivity index (χ0) is 17.9. The summed E-state index contributed by atoms with van der Waals surface area (Å²) < 4.78 is 53.3. The van der Waals surface area contributed by atoms with Crippen molar-refractivity contribution in [3.05, 3.63) is 35.4 Å². The molecule has 0 aromatic heterocycles. The number of piperidine rings is 1. The van der Waals surface area contributed by atoms with Crippen LogP contribution in [0.25, 0.3) is 0 Å². The first-order valence-electron chi connectivity index (χ1n) is 8.65. The van der Waals surface area contributed by atoms with E-state index in [1.54, 1.807) is 0 Å². The fourth-order valence-corrected chi connectivity index (χ4v) is 5.99. The summed E-state index contributed by atoms with van der Waals surface area (Å²) in [5.41, 5.74) is 0.124. The van der Waals surface area contributed by atoms with E-state index in [0.717, 1.165) is 44.1 Å². The molecule has 2 heterocycles. The first-order valence-corrected chi connectivity index (χ1v) is 11.5. The van der Waals surface area contributed by atoms with E-state index in [1.807, 2.05) is 11.8 Å². The van der Waals surface area contributed by atoms with E-state index in [2.05, 4.69) is 9.62 Å². The number of halogens is 2. The van der Waals surface area contributed by atoms with Crippen molar-refractivity contribution >= 4 is 21.8 Å². The highest BCUT2D eigenvalue weighted by Gasteiger charge is 2.28. The Morgan fingerprint density at radius 3 is 2.40 bits per heavy atom. The second kappa shape index (κ2) is 8.33. The fourth-order valence-electron chi connectivity index (χ4n) is 3.54. The number of thioether (sulfide) groups is 1. The van der Waals surface area contributed by atoms with Crippen LogP contribution in [0.4, 0.5) is 8.78 Å². The fraction of sp³-hybridized carbons (Fsp3) is 0.647. The Morgan fingerprint density at radius 2 is 1.80 bits per heavy atom. The Balaban J connectivity index is 1.46. The Bertz CT molecular complexity index is 666. The first-order chi connectivity index (χ1) is 11.9. The molecule has 1 unspecified atom stereocenters. The van der Waals surface area contributed by atoms with Crippen molar-refractivity contribution in [2.45, 2.75) is 31.1 Å². The molecule has 1 aromatic rings. The lowest BCUT2D eigenvalue weighted by atomic mass is 9.96. The van der Waals surface area contributed by atoms with Gasteiger partial charge >= 0.3 is 0 Å². The van der Waals surface area contributed by atoms with E-state index in [9.17, 15) is 17.2 Å². The third-order valence-electron chi connectivity index (χ3n) is 4.94. The minimum absolute atomic E-state index is 0.124. The molecule has 8 heteroatoms. The molecule has 0 amide bonds. The molecule has 0 bridgehead atoms. The van der Waals surface area contributed by atoms with Crippen molar-refractivity contribution in [2.24, 2.45) is 5.92 Å². The second-order valence-electron chi connectivity index (χ2n) is 6.88. The van der Waals surface area contributed by atoms with Gasteiger partial charge < -0.3 is 0 Å². The number of rotatable bonds is 6. The molecule has 0 radical (unpaired) electrons. The molecule has 1 atom stereocenters. The quantitative estimate of drug-likeness (QED) is 0.811. The first kappa shape index (κ1) is 19.1. The van der Waals surface area contributed by atoms with Crippen molar-refractivity contribution in [1.82, 2.24) is 9.62 Å². The van der Waals surface area contributed by atoms with E-state index in [4.69, 9.17) is 0 Å². The van der Waals surface area contributed by atoms with Crippen LogP contribution in [0.5, 0.6) is 0 Å². The van der Waals surface area contributed by atoms with Crippen LogP contribution in [0.15, 0.2) is 18.2 Å². The lowest BCUT2D eigenvalue weighted by Gasteiger charge is -2.35. The van der Waals surface area contributed by atoms with Gasteiger partial charge in [-0.3, -0.25) is 4.90 Å². The van der Waals surface area contributed by atoms with Crippen LogP contribution in [0.2, 0.25) is 0 Å². The minimum Gasteiger partial charge on any atom is -0.300 e. The summed E-state index contributed by atoms with van der Waals surface area (Å²) >= 11 is 2.01. The number of sulfonamides is 1. The molecule has 0 saturated carbocycles. The van der Waals surface area contributed by atoms with Crippen LogP contribution >= 0.6 is 11.8 Å². The molecule has 1 N–H and O–H groups in total. The summed E-state index contributed by atoms with van der Waals surface area (Å²) in [5.74, 6) is 0.849. The van der Waals surface area contributed by atoms with Crippen LogP contribution < -0.4 is 4.72 Å². The Labute approximate surface area is 152 Å².